The second kappa shape index (κ2) is 6.42. The van der Waals surface area contributed by atoms with Gasteiger partial charge in [0.15, 0.2) is 0 Å². The smallest absolute Gasteiger partial charge is 0.257 e. The van der Waals surface area contributed by atoms with Gasteiger partial charge in [-0.1, -0.05) is 51.3 Å². The molecule has 1 amide bonds. The Labute approximate surface area is 129 Å². The predicted octanol–water partition coefficient (Wildman–Crippen LogP) is 5.14. The van der Waals surface area contributed by atoms with Crippen LogP contribution in [0.5, 0.6) is 0 Å². The maximum Gasteiger partial charge on any atom is 0.257 e. The van der Waals surface area contributed by atoms with Crippen LogP contribution in [-0.2, 0) is 5.33 Å². The Kier molecular flexibility index (Phi) is 4.86. The fraction of sp³-hybridized carbons (Fsp3) is 0.0714. The molecule has 98 valence electrons. The summed E-state index contributed by atoms with van der Waals surface area (Å²) in [6.07, 6.45) is 0. The van der Waals surface area contributed by atoms with Gasteiger partial charge >= 0.3 is 0 Å². The first kappa shape index (κ1) is 14.4. The molecule has 2 aromatic rings. The van der Waals surface area contributed by atoms with E-state index in [1.54, 1.807) is 18.2 Å². The molecule has 0 atom stereocenters. The van der Waals surface area contributed by atoms with Crippen LogP contribution >= 0.6 is 39.1 Å². The summed E-state index contributed by atoms with van der Waals surface area (Å²) in [4.78, 5) is 12.1. The number of carbonyl (C=O) groups excluding carboxylic acids is 1. The number of hydrogen-bond donors (Lipinski definition) is 1. The van der Waals surface area contributed by atoms with Crippen molar-refractivity contribution < 1.29 is 4.79 Å². The lowest BCUT2D eigenvalue weighted by atomic mass is 10.2. The summed E-state index contributed by atoms with van der Waals surface area (Å²) in [5.74, 6) is -0.256. The third-order valence-electron chi connectivity index (χ3n) is 2.51. The first-order chi connectivity index (χ1) is 9.10. The lowest BCUT2D eigenvalue weighted by Gasteiger charge is -2.08. The topological polar surface area (TPSA) is 29.1 Å². The van der Waals surface area contributed by atoms with Crippen molar-refractivity contribution in [2.24, 2.45) is 0 Å². The van der Waals surface area contributed by atoms with Gasteiger partial charge in [0.05, 0.1) is 10.6 Å². The second-order valence-corrected chi connectivity index (χ2v) is 5.32. The van der Waals surface area contributed by atoms with E-state index in [0.717, 1.165) is 16.6 Å². The highest BCUT2D eigenvalue weighted by Crippen LogP contribution is 2.22. The van der Waals surface area contributed by atoms with E-state index < -0.39 is 0 Å². The lowest BCUT2D eigenvalue weighted by molar-refractivity contribution is 0.102. The average molecular weight is 359 g/mol. The van der Waals surface area contributed by atoms with Crippen molar-refractivity contribution in [2.45, 2.75) is 5.33 Å². The first-order valence-electron chi connectivity index (χ1n) is 5.51. The van der Waals surface area contributed by atoms with Crippen molar-refractivity contribution in [1.82, 2.24) is 0 Å². The van der Waals surface area contributed by atoms with E-state index in [1.807, 2.05) is 24.3 Å². The quantitative estimate of drug-likeness (QED) is 0.756. The maximum atomic E-state index is 12.1. The summed E-state index contributed by atoms with van der Waals surface area (Å²) < 4.78 is 0. The normalized spacial score (nSPS) is 10.3. The average Bonchev–Trinajstić information content (AvgIpc) is 2.38. The Morgan fingerprint density at radius 2 is 1.95 bits per heavy atom. The van der Waals surface area contributed by atoms with Crippen LogP contribution in [0.15, 0.2) is 42.5 Å². The standard InChI is InChI=1S/C14H10BrCl2NO/c15-8-9-2-1-3-11(6-9)18-14(19)12-5-4-10(16)7-13(12)17/h1-7H,8H2,(H,18,19). The molecule has 0 spiro atoms. The van der Waals surface area contributed by atoms with Crippen LogP contribution in [0.3, 0.4) is 0 Å². The number of benzene rings is 2. The molecule has 0 fully saturated rings. The molecule has 1 N–H and O–H groups in total. The van der Waals surface area contributed by atoms with Crippen LogP contribution in [0.2, 0.25) is 10.0 Å². The van der Waals surface area contributed by atoms with Crippen LogP contribution in [0.25, 0.3) is 0 Å². The van der Waals surface area contributed by atoms with Gasteiger partial charge in [0.1, 0.15) is 0 Å². The number of carbonyl (C=O) groups is 1. The molecular formula is C14H10BrCl2NO. The summed E-state index contributed by atoms with van der Waals surface area (Å²) >= 11 is 15.2. The molecule has 5 heteroatoms. The molecule has 0 saturated carbocycles. The molecule has 0 bridgehead atoms. The second-order valence-electron chi connectivity index (χ2n) is 3.91. The van der Waals surface area contributed by atoms with Crippen LogP contribution < -0.4 is 5.32 Å². The van der Waals surface area contributed by atoms with E-state index in [0.29, 0.717) is 15.6 Å². The molecule has 2 rings (SSSR count). The molecule has 0 aliphatic rings. The van der Waals surface area contributed by atoms with Crippen molar-refractivity contribution in [3.05, 3.63) is 63.6 Å². The number of alkyl halides is 1. The van der Waals surface area contributed by atoms with Crippen LogP contribution in [0.4, 0.5) is 5.69 Å². The molecule has 0 saturated heterocycles. The predicted molar refractivity (Wildman–Crippen MR) is 83.5 cm³/mol. The van der Waals surface area contributed by atoms with Gasteiger partial charge in [-0.3, -0.25) is 4.79 Å². The zero-order valence-corrected chi connectivity index (χ0v) is 12.9. The zero-order chi connectivity index (χ0) is 13.8. The molecule has 2 nitrogen and oxygen atoms in total. The van der Waals surface area contributed by atoms with Crippen LogP contribution in [0, 0.1) is 0 Å². The van der Waals surface area contributed by atoms with Crippen LogP contribution in [-0.4, -0.2) is 5.91 Å². The van der Waals surface area contributed by atoms with Crippen molar-refractivity contribution >= 4 is 50.7 Å². The number of hydrogen-bond acceptors (Lipinski definition) is 1. The minimum absolute atomic E-state index is 0.256. The van der Waals surface area contributed by atoms with Gasteiger partial charge in [-0.25, -0.2) is 0 Å². The van der Waals surface area contributed by atoms with Gasteiger partial charge in [0.2, 0.25) is 0 Å². The summed E-state index contributed by atoms with van der Waals surface area (Å²) in [5, 5.41) is 4.38. The molecule has 0 aliphatic heterocycles. The Hall–Kier alpha value is -1.03. The van der Waals surface area contributed by atoms with Gasteiger partial charge in [-0.15, -0.1) is 0 Å². The summed E-state index contributed by atoms with van der Waals surface area (Å²) in [6, 6.07) is 12.4. The molecule has 0 radical (unpaired) electrons. The first-order valence-corrected chi connectivity index (χ1v) is 7.39. The highest BCUT2D eigenvalue weighted by atomic mass is 79.9. The summed E-state index contributed by atoms with van der Waals surface area (Å²) in [5.41, 5.74) is 2.21. The fourth-order valence-electron chi connectivity index (χ4n) is 1.60. The Bertz CT molecular complexity index is 616. The van der Waals surface area contributed by atoms with Gasteiger partial charge in [-0.05, 0) is 35.9 Å². The number of rotatable bonds is 3. The lowest BCUT2D eigenvalue weighted by Crippen LogP contribution is -2.12. The van der Waals surface area contributed by atoms with Crippen LogP contribution in [0.1, 0.15) is 15.9 Å². The number of amides is 1. The number of anilines is 1. The van der Waals surface area contributed by atoms with Gasteiger partial charge in [0.25, 0.3) is 5.91 Å². The van der Waals surface area contributed by atoms with E-state index in [4.69, 9.17) is 23.2 Å². The Morgan fingerprint density at radius 3 is 2.63 bits per heavy atom. The van der Waals surface area contributed by atoms with Crippen molar-refractivity contribution in [3.8, 4) is 0 Å². The Morgan fingerprint density at radius 1 is 1.16 bits per heavy atom. The molecule has 19 heavy (non-hydrogen) atoms. The largest absolute Gasteiger partial charge is 0.322 e. The fourth-order valence-corrected chi connectivity index (χ4v) is 2.45. The minimum atomic E-state index is -0.256. The van der Waals surface area contributed by atoms with Crippen molar-refractivity contribution in [2.75, 3.05) is 5.32 Å². The van der Waals surface area contributed by atoms with Crippen molar-refractivity contribution in [3.63, 3.8) is 0 Å². The SMILES string of the molecule is O=C(Nc1cccc(CBr)c1)c1ccc(Cl)cc1Cl. The van der Waals surface area contributed by atoms with Gasteiger partial charge in [-0.2, -0.15) is 0 Å². The zero-order valence-electron chi connectivity index (χ0n) is 9.79. The number of nitrogens with one attached hydrogen (secondary N) is 1. The summed E-state index contributed by atoms with van der Waals surface area (Å²) in [6.45, 7) is 0. The number of halogens is 3. The highest BCUT2D eigenvalue weighted by Gasteiger charge is 2.11. The van der Waals surface area contributed by atoms with Gasteiger partial charge in [0, 0.05) is 16.0 Å². The van der Waals surface area contributed by atoms with E-state index in [2.05, 4.69) is 21.2 Å². The molecule has 0 heterocycles. The summed E-state index contributed by atoms with van der Waals surface area (Å²) in [7, 11) is 0. The maximum absolute atomic E-state index is 12.1. The highest BCUT2D eigenvalue weighted by molar-refractivity contribution is 9.08. The van der Waals surface area contributed by atoms with E-state index in [-0.39, 0.29) is 5.91 Å². The molecule has 2 aromatic carbocycles. The van der Waals surface area contributed by atoms with E-state index in [1.165, 1.54) is 0 Å². The molecule has 0 aromatic heterocycles. The van der Waals surface area contributed by atoms with Gasteiger partial charge < -0.3 is 5.32 Å². The van der Waals surface area contributed by atoms with E-state index in [9.17, 15) is 4.79 Å². The third kappa shape index (κ3) is 3.72. The minimum Gasteiger partial charge on any atom is -0.322 e. The monoisotopic (exact) mass is 357 g/mol. The molecule has 0 aliphatic carbocycles. The third-order valence-corrected chi connectivity index (χ3v) is 3.71. The Balaban J connectivity index is 2.20. The molecular weight excluding hydrogens is 349 g/mol. The molecule has 0 unspecified atom stereocenters. The van der Waals surface area contributed by atoms with E-state index >= 15 is 0 Å². The van der Waals surface area contributed by atoms with Crippen molar-refractivity contribution in [1.29, 1.82) is 0 Å².